The summed E-state index contributed by atoms with van der Waals surface area (Å²) in [4.78, 5) is 0. The van der Waals surface area contributed by atoms with Gasteiger partial charge in [0.15, 0.2) is 11.6 Å². The predicted molar refractivity (Wildman–Crippen MR) is 48.1 cm³/mol. The topological polar surface area (TPSA) is 29.5 Å². The lowest BCUT2D eigenvalue weighted by molar-refractivity contribution is 0.271. The smallest absolute Gasteiger partial charge is 0.165 e. The third-order valence-corrected chi connectivity index (χ3v) is 1.73. The maximum atomic E-state index is 13.1. The molecule has 0 aliphatic rings. The molecule has 0 fully saturated rings. The lowest BCUT2D eigenvalue weighted by Gasteiger charge is -2.07. The van der Waals surface area contributed by atoms with Crippen LogP contribution in [0.1, 0.15) is 18.9 Å². The summed E-state index contributed by atoms with van der Waals surface area (Å²) in [5.74, 6) is -1.41. The summed E-state index contributed by atoms with van der Waals surface area (Å²) >= 11 is 0. The summed E-state index contributed by atoms with van der Waals surface area (Å²) in [5, 5.41) is 8.66. The number of halogens is 2. The predicted octanol–water partition coefficient (Wildman–Crippen LogP) is 2.25. The monoisotopic (exact) mass is 202 g/mol. The van der Waals surface area contributed by atoms with E-state index in [0.717, 1.165) is 18.6 Å². The Morgan fingerprint density at radius 2 is 2.00 bits per heavy atom. The quantitative estimate of drug-likeness (QED) is 0.811. The Kier molecular flexibility index (Phi) is 3.83. The van der Waals surface area contributed by atoms with E-state index in [4.69, 9.17) is 9.84 Å². The van der Waals surface area contributed by atoms with E-state index in [1.165, 1.54) is 0 Å². The van der Waals surface area contributed by atoms with Gasteiger partial charge in [-0.15, -0.1) is 0 Å². The molecule has 1 aromatic carbocycles. The SMILES string of the molecule is CCCOc1cc(F)c(CO)cc1F. The molecule has 0 spiro atoms. The van der Waals surface area contributed by atoms with Crippen molar-refractivity contribution in [2.75, 3.05) is 6.61 Å². The van der Waals surface area contributed by atoms with Crippen LogP contribution in [0, 0.1) is 11.6 Å². The molecule has 14 heavy (non-hydrogen) atoms. The summed E-state index contributed by atoms with van der Waals surface area (Å²) < 4.78 is 31.2. The lowest BCUT2D eigenvalue weighted by atomic mass is 10.2. The molecule has 0 radical (unpaired) electrons. The summed E-state index contributed by atoms with van der Waals surface area (Å²) in [5.41, 5.74) is -0.0636. The van der Waals surface area contributed by atoms with E-state index in [1.54, 1.807) is 0 Å². The standard InChI is InChI=1S/C10H12F2O2/c1-2-3-14-10-5-8(11)7(6-13)4-9(10)12/h4-5,13H,2-3,6H2,1H3. The zero-order valence-electron chi connectivity index (χ0n) is 7.89. The molecule has 0 saturated carbocycles. The van der Waals surface area contributed by atoms with Crippen LogP contribution in [0.15, 0.2) is 12.1 Å². The molecule has 0 aromatic heterocycles. The van der Waals surface area contributed by atoms with Gasteiger partial charge >= 0.3 is 0 Å². The number of hydrogen-bond acceptors (Lipinski definition) is 2. The highest BCUT2D eigenvalue weighted by atomic mass is 19.1. The maximum absolute atomic E-state index is 13.1. The van der Waals surface area contributed by atoms with Gasteiger partial charge in [-0.1, -0.05) is 6.92 Å². The zero-order valence-corrected chi connectivity index (χ0v) is 7.89. The number of aliphatic hydroxyl groups is 1. The van der Waals surface area contributed by atoms with E-state index in [2.05, 4.69) is 0 Å². The van der Waals surface area contributed by atoms with Crippen LogP contribution >= 0.6 is 0 Å². The highest BCUT2D eigenvalue weighted by Crippen LogP contribution is 2.21. The van der Waals surface area contributed by atoms with E-state index < -0.39 is 18.2 Å². The second-order valence-electron chi connectivity index (χ2n) is 2.88. The van der Waals surface area contributed by atoms with Crippen molar-refractivity contribution in [2.45, 2.75) is 20.0 Å². The Labute approximate surface area is 81.1 Å². The van der Waals surface area contributed by atoms with E-state index >= 15 is 0 Å². The van der Waals surface area contributed by atoms with Crippen molar-refractivity contribution < 1.29 is 18.6 Å². The molecule has 2 nitrogen and oxygen atoms in total. The minimum Gasteiger partial charge on any atom is -0.490 e. The molecule has 1 rings (SSSR count). The molecular formula is C10H12F2O2. The summed E-state index contributed by atoms with van der Waals surface area (Å²) in [6, 6.07) is 1.90. The number of rotatable bonds is 4. The third kappa shape index (κ3) is 2.42. The second kappa shape index (κ2) is 4.91. The summed E-state index contributed by atoms with van der Waals surface area (Å²) in [6.45, 7) is 1.70. The fourth-order valence-electron chi connectivity index (χ4n) is 1.01. The van der Waals surface area contributed by atoms with Gasteiger partial charge in [0.2, 0.25) is 0 Å². The molecule has 0 bridgehead atoms. The first-order valence-electron chi connectivity index (χ1n) is 4.40. The highest BCUT2D eigenvalue weighted by Gasteiger charge is 2.09. The Balaban J connectivity index is 2.90. The van der Waals surface area contributed by atoms with E-state index in [1.807, 2.05) is 6.92 Å². The van der Waals surface area contributed by atoms with E-state index in [9.17, 15) is 8.78 Å². The zero-order chi connectivity index (χ0) is 10.6. The molecule has 0 unspecified atom stereocenters. The van der Waals surface area contributed by atoms with E-state index in [-0.39, 0.29) is 11.3 Å². The van der Waals surface area contributed by atoms with Crippen LogP contribution < -0.4 is 4.74 Å². The van der Waals surface area contributed by atoms with Crippen LogP contribution in [-0.2, 0) is 6.61 Å². The van der Waals surface area contributed by atoms with Gasteiger partial charge in [0.25, 0.3) is 0 Å². The van der Waals surface area contributed by atoms with Gasteiger partial charge in [-0.3, -0.25) is 0 Å². The number of ether oxygens (including phenoxy) is 1. The van der Waals surface area contributed by atoms with Crippen LogP contribution in [0.25, 0.3) is 0 Å². The van der Waals surface area contributed by atoms with Crippen LogP contribution in [0.5, 0.6) is 5.75 Å². The highest BCUT2D eigenvalue weighted by molar-refractivity contribution is 5.30. The van der Waals surface area contributed by atoms with Crippen molar-refractivity contribution in [2.24, 2.45) is 0 Å². The van der Waals surface area contributed by atoms with Gasteiger partial charge in [-0.2, -0.15) is 0 Å². The largest absolute Gasteiger partial charge is 0.490 e. The van der Waals surface area contributed by atoms with Gasteiger partial charge in [-0.25, -0.2) is 8.78 Å². The van der Waals surface area contributed by atoms with Crippen molar-refractivity contribution in [1.29, 1.82) is 0 Å². The molecular weight excluding hydrogens is 190 g/mol. The first-order chi connectivity index (χ1) is 6.69. The van der Waals surface area contributed by atoms with Gasteiger partial charge in [-0.05, 0) is 12.5 Å². The Hall–Kier alpha value is -1.16. The lowest BCUT2D eigenvalue weighted by Crippen LogP contribution is -2.00. The number of hydrogen-bond donors (Lipinski definition) is 1. The third-order valence-electron chi connectivity index (χ3n) is 1.73. The van der Waals surface area contributed by atoms with Crippen LogP contribution in [0.3, 0.4) is 0 Å². The average molecular weight is 202 g/mol. The van der Waals surface area contributed by atoms with Crippen molar-refractivity contribution in [1.82, 2.24) is 0 Å². The molecule has 1 aromatic rings. The van der Waals surface area contributed by atoms with Crippen molar-refractivity contribution in [3.63, 3.8) is 0 Å². The molecule has 0 saturated heterocycles. The minimum atomic E-state index is -0.653. The Bertz CT molecular complexity index is 313. The molecule has 0 atom stereocenters. The number of benzene rings is 1. The molecule has 78 valence electrons. The first-order valence-corrected chi connectivity index (χ1v) is 4.40. The molecule has 0 amide bonds. The van der Waals surface area contributed by atoms with Gasteiger partial charge in [0.1, 0.15) is 5.82 Å². The summed E-state index contributed by atoms with van der Waals surface area (Å²) in [7, 11) is 0. The van der Waals surface area contributed by atoms with Crippen LogP contribution in [-0.4, -0.2) is 11.7 Å². The molecule has 0 heterocycles. The molecule has 4 heteroatoms. The second-order valence-corrected chi connectivity index (χ2v) is 2.88. The van der Waals surface area contributed by atoms with Crippen LogP contribution in [0.4, 0.5) is 8.78 Å². The minimum absolute atomic E-state index is 0.0636. The Morgan fingerprint density at radius 3 is 2.57 bits per heavy atom. The van der Waals surface area contributed by atoms with Crippen molar-refractivity contribution >= 4 is 0 Å². The molecule has 0 aliphatic heterocycles. The van der Waals surface area contributed by atoms with Gasteiger partial charge in [0.05, 0.1) is 13.2 Å². The summed E-state index contributed by atoms with van der Waals surface area (Å²) in [6.07, 6.45) is 0.725. The van der Waals surface area contributed by atoms with Crippen molar-refractivity contribution in [3.8, 4) is 5.75 Å². The maximum Gasteiger partial charge on any atom is 0.165 e. The fraction of sp³-hybridized carbons (Fsp3) is 0.400. The van der Waals surface area contributed by atoms with Gasteiger partial charge in [0, 0.05) is 11.6 Å². The first kappa shape index (κ1) is 10.9. The van der Waals surface area contributed by atoms with Crippen molar-refractivity contribution in [3.05, 3.63) is 29.3 Å². The number of aliphatic hydroxyl groups excluding tert-OH is 1. The molecule has 1 N–H and O–H groups in total. The van der Waals surface area contributed by atoms with Crippen LogP contribution in [0.2, 0.25) is 0 Å². The van der Waals surface area contributed by atoms with Gasteiger partial charge < -0.3 is 9.84 Å². The fourth-order valence-corrected chi connectivity index (χ4v) is 1.01. The average Bonchev–Trinajstić information content (AvgIpc) is 2.18. The Morgan fingerprint density at radius 1 is 1.29 bits per heavy atom. The van der Waals surface area contributed by atoms with E-state index in [0.29, 0.717) is 6.61 Å². The normalized spacial score (nSPS) is 10.3. The molecule has 0 aliphatic carbocycles.